The third kappa shape index (κ3) is 3.46. The van der Waals surface area contributed by atoms with Crippen molar-refractivity contribution in [1.82, 2.24) is 15.2 Å². The smallest absolute Gasteiger partial charge is 0.260 e. The highest BCUT2D eigenvalue weighted by molar-refractivity contribution is 7.22. The minimum absolute atomic E-state index is 0.398. The summed E-state index contributed by atoms with van der Waals surface area (Å²) < 4.78 is 6.01. The Kier molecular flexibility index (Phi) is 4.70. The van der Waals surface area contributed by atoms with Crippen molar-refractivity contribution in [1.29, 1.82) is 0 Å². The van der Waals surface area contributed by atoms with Gasteiger partial charge in [-0.15, -0.1) is 21.5 Å². The molecule has 3 heterocycles. The van der Waals surface area contributed by atoms with Gasteiger partial charge in [-0.05, 0) is 29.3 Å². The van der Waals surface area contributed by atoms with Gasteiger partial charge in [-0.1, -0.05) is 78.9 Å². The molecule has 0 saturated heterocycles. The van der Waals surface area contributed by atoms with Crippen molar-refractivity contribution >= 4 is 27.2 Å². The largest absolute Gasteiger partial charge is 0.415 e. The van der Waals surface area contributed by atoms with Gasteiger partial charge in [0.05, 0.1) is 11.4 Å². The Morgan fingerprint density at radius 3 is 1.91 bits per heavy atom. The molecule has 3 aromatic carbocycles. The van der Waals surface area contributed by atoms with Crippen molar-refractivity contribution in [2.75, 3.05) is 5.73 Å². The third-order valence-corrected chi connectivity index (χ3v) is 6.58. The minimum Gasteiger partial charge on any atom is -0.415 e. The van der Waals surface area contributed by atoms with Gasteiger partial charge >= 0.3 is 0 Å². The van der Waals surface area contributed by atoms with Crippen molar-refractivity contribution in [3.63, 3.8) is 0 Å². The molecular weight excluding hydrogens is 428 g/mol. The first-order valence-electron chi connectivity index (χ1n) is 10.5. The maximum atomic E-state index is 6.69. The Morgan fingerprint density at radius 1 is 0.667 bits per heavy atom. The van der Waals surface area contributed by atoms with E-state index in [9.17, 15) is 0 Å². The second kappa shape index (κ2) is 8.00. The summed E-state index contributed by atoms with van der Waals surface area (Å²) in [6, 6.07) is 32.2. The summed E-state index contributed by atoms with van der Waals surface area (Å²) in [5.74, 6) is 0.860. The molecule has 3 aromatic heterocycles. The second-order valence-electron chi connectivity index (χ2n) is 7.59. The molecule has 0 aliphatic heterocycles. The minimum atomic E-state index is 0.398. The molecule has 0 fully saturated rings. The van der Waals surface area contributed by atoms with E-state index in [2.05, 4.69) is 40.5 Å². The molecule has 2 N–H and O–H groups in total. The molecule has 0 aliphatic carbocycles. The molecule has 0 spiro atoms. The second-order valence-corrected chi connectivity index (χ2v) is 8.59. The maximum Gasteiger partial charge on any atom is 0.260 e. The van der Waals surface area contributed by atoms with Crippen LogP contribution in [0.15, 0.2) is 101 Å². The summed E-state index contributed by atoms with van der Waals surface area (Å²) >= 11 is 1.47. The summed E-state index contributed by atoms with van der Waals surface area (Å²) in [5.41, 5.74) is 12.2. The Morgan fingerprint density at radius 2 is 1.24 bits per heavy atom. The van der Waals surface area contributed by atoms with Crippen LogP contribution in [0.3, 0.4) is 0 Å². The molecule has 0 amide bonds. The number of thiophene rings is 1. The molecule has 33 heavy (non-hydrogen) atoms. The first-order valence-corrected chi connectivity index (χ1v) is 11.3. The van der Waals surface area contributed by atoms with Gasteiger partial charge in [-0.25, -0.2) is 4.98 Å². The molecular formula is C27H18N4OS. The fourth-order valence-corrected chi connectivity index (χ4v) is 4.94. The molecule has 0 bridgehead atoms. The molecule has 5 nitrogen and oxygen atoms in total. The number of pyridine rings is 1. The van der Waals surface area contributed by atoms with E-state index in [1.54, 1.807) is 0 Å². The van der Waals surface area contributed by atoms with Crippen LogP contribution in [-0.4, -0.2) is 15.2 Å². The van der Waals surface area contributed by atoms with E-state index in [1.807, 2.05) is 66.7 Å². The number of rotatable bonds is 4. The average Bonchev–Trinajstić information content (AvgIpc) is 3.50. The number of hydrogen-bond acceptors (Lipinski definition) is 6. The predicted molar refractivity (Wildman–Crippen MR) is 134 cm³/mol. The van der Waals surface area contributed by atoms with Crippen LogP contribution in [-0.2, 0) is 0 Å². The first kappa shape index (κ1) is 19.4. The molecule has 0 radical (unpaired) electrons. The monoisotopic (exact) mass is 446 g/mol. The Labute approximate surface area is 194 Å². The predicted octanol–water partition coefficient (Wildman–Crippen LogP) is 6.93. The van der Waals surface area contributed by atoms with Crippen LogP contribution < -0.4 is 5.73 Å². The number of benzene rings is 3. The number of nitrogens with two attached hydrogens (primary N) is 1. The van der Waals surface area contributed by atoms with Crippen molar-refractivity contribution in [2.24, 2.45) is 0 Å². The highest BCUT2D eigenvalue weighted by Crippen LogP contribution is 2.45. The van der Waals surface area contributed by atoms with E-state index < -0.39 is 0 Å². The zero-order chi connectivity index (χ0) is 22.2. The number of nitrogen functional groups attached to an aromatic ring is 1. The lowest BCUT2D eigenvalue weighted by Crippen LogP contribution is -1.91. The maximum absolute atomic E-state index is 6.69. The van der Waals surface area contributed by atoms with Crippen LogP contribution in [0, 0.1) is 0 Å². The fourth-order valence-electron chi connectivity index (χ4n) is 3.89. The van der Waals surface area contributed by atoms with Gasteiger partial charge in [0, 0.05) is 16.5 Å². The van der Waals surface area contributed by atoms with Crippen LogP contribution in [0.5, 0.6) is 0 Å². The highest BCUT2D eigenvalue weighted by atomic mass is 32.1. The normalized spacial score (nSPS) is 11.2. The molecule has 6 rings (SSSR count). The van der Waals surface area contributed by atoms with E-state index in [-0.39, 0.29) is 0 Å². The average molecular weight is 447 g/mol. The summed E-state index contributed by atoms with van der Waals surface area (Å²) in [6.07, 6.45) is 0. The number of fused-ring (bicyclic) bond motifs is 1. The standard InChI is InChI=1S/C27H18N4OS/c28-23-22-20(17-10-4-1-5-11-17)16-21(18-12-6-2-7-13-18)29-27(22)33-24(23)26-31-30-25(32-26)19-14-8-3-9-15-19/h1-16H,28H2. The SMILES string of the molecule is Nc1c(-c2nnc(-c3ccccc3)o2)sc2nc(-c3ccccc3)cc(-c3ccccc3)c12. The van der Waals surface area contributed by atoms with Gasteiger partial charge in [-0.3, -0.25) is 0 Å². The number of hydrogen-bond donors (Lipinski definition) is 1. The molecule has 0 saturated carbocycles. The number of nitrogens with zero attached hydrogens (tertiary/aromatic N) is 3. The van der Waals surface area contributed by atoms with Gasteiger partial charge < -0.3 is 10.2 Å². The molecule has 0 aliphatic rings. The van der Waals surface area contributed by atoms with Crippen molar-refractivity contribution < 1.29 is 4.42 Å². The van der Waals surface area contributed by atoms with Crippen molar-refractivity contribution in [3.8, 4) is 44.6 Å². The van der Waals surface area contributed by atoms with Crippen LogP contribution in [0.2, 0.25) is 0 Å². The van der Waals surface area contributed by atoms with E-state index in [0.717, 1.165) is 43.0 Å². The van der Waals surface area contributed by atoms with Crippen LogP contribution in [0.4, 0.5) is 5.69 Å². The molecule has 6 heteroatoms. The van der Waals surface area contributed by atoms with Crippen molar-refractivity contribution in [3.05, 3.63) is 97.1 Å². The van der Waals surface area contributed by atoms with Crippen LogP contribution in [0.25, 0.3) is 54.8 Å². The first-order chi connectivity index (χ1) is 16.3. The zero-order valence-corrected chi connectivity index (χ0v) is 18.3. The van der Waals surface area contributed by atoms with E-state index in [4.69, 9.17) is 15.1 Å². The Bertz CT molecular complexity index is 1560. The molecule has 6 aromatic rings. The molecule has 158 valence electrons. The number of aromatic nitrogens is 3. The quantitative estimate of drug-likeness (QED) is 0.318. The van der Waals surface area contributed by atoms with Gasteiger partial charge in [0.25, 0.3) is 5.89 Å². The zero-order valence-electron chi connectivity index (χ0n) is 17.5. The lowest BCUT2D eigenvalue weighted by Gasteiger charge is -2.08. The highest BCUT2D eigenvalue weighted by Gasteiger charge is 2.22. The fraction of sp³-hybridized carbons (Fsp3) is 0. The summed E-state index contributed by atoms with van der Waals surface area (Å²) in [5, 5.41) is 9.42. The van der Waals surface area contributed by atoms with Gasteiger partial charge in [0.1, 0.15) is 9.71 Å². The molecule has 0 unspecified atom stereocenters. The van der Waals surface area contributed by atoms with E-state index in [0.29, 0.717) is 17.5 Å². The van der Waals surface area contributed by atoms with Gasteiger partial charge in [0.15, 0.2) is 0 Å². The summed E-state index contributed by atoms with van der Waals surface area (Å²) in [4.78, 5) is 6.52. The lowest BCUT2D eigenvalue weighted by molar-refractivity contribution is 0.586. The Hall–Kier alpha value is -4.29. The van der Waals surface area contributed by atoms with Crippen molar-refractivity contribution in [2.45, 2.75) is 0 Å². The third-order valence-electron chi connectivity index (χ3n) is 5.49. The van der Waals surface area contributed by atoms with Crippen LogP contribution in [0.1, 0.15) is 0 Å². The van der Waals surface area contributed by atoms with Gasteiger partial charge in [0.2, 0.25) is 5.89 Å². The molecule has 0 atom stereocenters. The Balaban J connectivity index is 1.56. The summed E-state index contributed by atoms with van der Waals surface area (Å²) in [7, 11) is 0. The topological polar surface area (TPSA) is 77.8 Å². The number of anilines is 1. The van der Waals surface area contributed by atoms with Gasteiger partial charge in [-0.2, -0.15) is 0 Å². The lowest BCUT2D eigenvalue weighted by atomic mass is 9.99. The van der Waals surface area contributed by atoms with E-state index >= 15 is 0 Å². The summed E-state index contributed by atoms with van der Waals surface area (Å²) in [6.45, 7) is 0. The van der Waals surface area contributed by atoms with E-state index in [1.165, 1.54) is 11.3 Å². The van der Waals surface area contributed by atoms with Crippen LogP contribution >= 0.6 is 11.3 Å².